The van der Waals surface area contributed by atoms with Gasteiger partial charge in [-0.1, -0.05) is 25.1 Å². The molecule has 2 aromatic carbocycles. The monoisotopic (exact) mass is 444 g/mol. The second kappa shape index (κ2) is 8.78. The molecule has 164 valence electrons. The fraction of sp³-hybridized carbons (Fsp3) is 0.238. The predicted molar refractivity (Wildman–Crippen MR) is 118 cm³/mol. The van der Waals surface area contributed by atoms with E-state index in [1.54, 1.807) is 37.7 Å². The first kappa shape index (κ1) is 22.3. The van der Waals surface area contributed by atoms with Gasteiger partial charge in [-0.25, -0.2) is 17.8 Å². The molecule has 0 bridgehead atoms. The Morgan fingerprint density at radius 2 is 1.81 bits per heavy atom. The quantitative estimate of drug-likeness (QED) is 0.579. The van der Waals surface area contributed by atoms with E-state index in [2.05, 4.69) is 10.0 Å². The van der Waals surface area contributed by atoms with Crippen LogP contribution in [0.1, 0.15) is 23.0 Å². The number of para-hydroxylation sites is 1. The Bertz CT molecular complexity index is 1280. The van der Waals surface area contributed by atoms with Gasteiger partial charge in [-0.05, 0) is 37.3 Å². The van der Waals surface area contributed by atoms with Crippen molar-refractivity contribution in [3.8, 4) is 11.4 Å². The molecule has 0 radical (unpaired) electrons. The number of rotatable bonds is 7. The number of hydrogen-bond donors (Lipinski definition) is 2. The Kier molecular flexibility index (Phi) is 6.32. The molecule has 0 atom stereocenters. The summed E-state index contributed by atoms with van der Waals surface area (Å²) in [6.07, 6.45) is 0. The molecule has 0 spiro atoms. The molecule has 10 heteroatoms. The molecule has 0 saturated heterocycles. The summed E-state index contributed by atoms with van der Waals surface area (Å²) in [6, 6.07) is 13.0. The van der Waals surface area contributed by atoms with Gasteiger partial charge in [-0.15, -0.1) is 0 Å². The minimum atomic E-state index is -3.77. The number of nitrogens with one attached hydrogen (secondary N) is 2. The first-order valence-electron chi connectivity index (χ1n) is 9.54. The van der Waals surface area contributed by atoms with E-state index in [9.17, 15) is 18.0 Å². The lowest BCUT2D eigenvalue weighted by Crippen LogP contribution is -2.25. The lowest BCUT2D eigenvalue weighted by Gasteiger charge is -2.11. The molecule has 3 rings (SSSR count). The zero-order valence-corrected chi connectivity index (χ0v) is 18.5. The molecule has 31 heavy (non-hydrogen) atoms. The van der Waals surface area contributed by atoms with Gasteiger partial charge in [0, 0.05) is 13.6 Å². The molecule has 1 heterocycles. The largest absolute Gasteiger partial charge is 0.496 e. The van der Waals surface area contributed by atoms with Gasteiger partial charge in [0.25, 0.3) is 11.5 Å². The second-order valence-electron chi connectivity index (χ2n) is 6.75. The summed E-state index contributed by atoms with van der Waals surface area (Å²) in [4.78, 5) is 26.0. The van der Waals surface area contributed by atoms with Gasteiger partial charge >= 0.3 is 0 Å². The van der Waals surface area contributed by atoms with Gasteiger partial charge in [0.2, 0.25) is 10.0 Å². The average Bonchev–Trinajstić information content (AvgIpc) is 2.96. The summed E-state index contributed by atoms with van der Waals surface area (Å²) < 4.78 is 35.4. The van der Waals surface area contributed by atoms with Crippen molar-refractivity contribution in [1.29, 1.82) is 0 Å². The van der Waals surface area contributed by atoms with Gasteiger partial charge < -0.3 is 10.1 Å². The van der Waals surface area contributed by atoms with Crippen molar-refractivity contribution in [2.24, 2.45) is 7.05 Å². The number of nitrogens with zero attached hydrogens (tertiary/aromatic N) is 2. The third-order valence-corrected chi connectivity index (χ3v) is 6.40. The number of amides is 1. The van der Waals surface area contributed by atoms with Gasteiger partial charge in [0.05, 0.1) is 29.0 Å². The number of ether oxygens (including phenoxy) is 1. The van der Waals surface area contributed by atoms with Gasteiger partial charge in [0.15, 0.2) is 0 Å². The maximum Gasteiger partial charge on any atom is 0.295 e. The number of methoxy groups -OCH3 is 1. The molecule has 0 fully saturated rings. The molecular weight excluding hydrogens is 420 g/mol. The smallest absolute Gasteiger partial charge is 0.295 e. The van der Waals surface area contributed by atoms with E-state index >= 15 is 0 Å². The Balaban J connectivity index is 2.04. The van der Waals surface area contributed by atoms with E-state index in [4.69, 9.17) is 4.74 Å². The Labute approximate surface area is 180 Å². The molecular formula is C21H24N4O5S. The zero-order valence-electron chi connectivity index (χ0n) is 17.7. The highest BCUT2D eigenvalue weighted by Crippen LogP contribution is 2.24. The number of carbonyl (C=O) groups excluding carboxylic acids is 1. The second-order valence-corrected chi connectivity index (χ2v) is 8.52. The SMILES string of the molecule is CCNS(=O)(=O)c1ccc(OC)c(C(=O)Nc2c(C)n(C)n(-c3ccccc3)c2=O)c1. The van der Waals surface area contributed by atoms with Crippen LogP contribution >= 0.6 is 0 Å². The molecule has 0 aliphatic carbocycles. The maximum atomic E-state index is 13.0. The Hall–Kier alpha value is -3.37. The zero-order chi connectivity index (χ0) is 22.8. The third kappa shape index (κ3) is 4.25. The van der Waals surface area contributed by atoms with Crippen LogP contribution in [-0.4, -0.2) is 37.3 Å². The number of aromatic nitrogens is 2. The fourth-order valence-electron chi connectivity index (χ4n) is 3.20. The summed E-state index contributed by atoms with van der Waals surface area (Å²) in [5.74, 6) is -0.471. The third-order valence-electron chi connectivity index (χ3n) is 4.85. The summed E-state index contributed by atoms with van der Waals surface area (Å²) in [6.45, 7) is 3.57. The van der Waals surface area contributed by atoms with Crippen molar-refractivity contribution in [1.82, 2.24) is 14.1 Å². The lowest BCUT2D eigenvalue weighted by molar-refractivity contribution is 0.102. The first-order valence-corrected chi connectivity index (χ1v) is 11.0. The van der Waals surface area contributed by atoms with Crippen LogP contribution in [0, 0.1) is 6.92 Å². The van der Waals surface area contributed by atoms with Crippen molar-refractivity contribution < 1.29 is 17.9 Å². The topological polar surface area (TPSA) is 111 Å². The molecule has 2 N–H and O–H groups in total. The van der Waals surface area contributed by atoms with Crippen molar-refractivity contribution in [2.75, 3.05) is 19.0 Å². The van der Waals surface area contributed by atoms with Crippen LogP contribution in [0.2, 0.25) is 0 Å². The van der Waals surface area contributed by atoms with Crippen LogP contribution in [0.25, 0.3) is 5.69 Å². The van der Waals surface area contributed by atoms with Crippen LogP contribution in [0.4, 0.5) is 5.69 Å². The van der Waals surface area contributed by atoms with Crippen LogP contribution < -0.4 is 20.3 Å². The minimum absolute atomic E-state index is 0.00427. The van der Waals surface area contributed by atoms with Gasteiger partial charge in [-0.3, -0.25) is 14.3 Å². The van der Waals surface area contributed by atoms with Crippen LogP contribution in [0.15, 0.2) is 58.2 Å². The van der Waals surface area contributed by atoms with Crippen LogP contribution in [-0.2, 0) is 17.1 Å². The highest BCUT2D eigenvalue weighted by atomic mass is 32.2. The highest BCUT2D eigenvalue weighted by molar-refractivity contribution is 7.89. The maximum absolute atomic E-state index is 13.0. The van der Waals surface area contributed by atoms with E-state index in [0.29, 0.717) is 11.4 Å². The Morgan fingerprint density at radius 1 is 1.13 bits per heavy atom. The highest BCUT2D eigenvalue weighted by Gasteiger charge is 2.23. The van der Waals surface area contributed by atoms with Crippen molar-refractivity contribution in [2.45, 2.75) is 18.7 Å². The van der Waals surface area contributed by atoms with Gasteiger partial charge in [-0.2, -0.15) is 0 Å². The number of anilines is 1. The van der Waals surface area contributed by atoms with Crippen molar-refractivity contribution >= 4 is 21.6 Å². The van der Waals surface area contributed by atoms with E-state index in [0.717, 1.165) is 0 Å². The lowest BCUT2D eigenvalue weighted by atomic mass is 10.2. The standard InChI is InChI=1S/C21H24N4O5S/c1-5-22-31(28,29)16-11-12-18(30-4)17(13-16)20(26)23-19-14(2)24(3)25(21(19)27)15-9-7-6-8-10-15/h6-13,22H,5H2,1-4H3,(H,23,26). The van der Waals surface area contributed by atoms with E-state index in [1.807, 2.05) is 18.2 Å². The molecule has 1 amide bonds. The predicted octanol–water partition coefficient (Wildman–Crippen LogP) is 2.04. The summed E-state index contributed by atoms with van der Waals surface area (Å²) >= 11 is 0. The van der Waals surface area contributed by atoms with Crippen LogP contribution in [0.5, 0.6) is 5.75 Å². The summed E-state index contributed by atoms with van der Waals surface area (Å²) in [5.41, 5.74) is 0.871. The number of sulfonamides is 1. The van der Waals surface area contributed by atoms with Gasteiger partial charge in [0.1, 0.15) is 11.4 Å². The minimum Gasteiger partial charge on any atom is -0.496 e. The summed E-state index contributed by atoms with van der Waals surface area (Å²) in [5, 5.41) is 2.62. The number of carbonyl (C=O) groups is 1. The molecule has 9 nitrogen and oxygen atoms in total. The van der Waals surface area contributed by atoms with Crippen LogP contribution in [0.3, 0.4) is 0 Å². The molecule has 3 aromatic rings. The molecule has 0 aliphatic rings. The van der Waals surface area contributed by atoms with Crippen molar-refractivity contribution in [3.63, 3.8) is 0 Å². The number of benzene rings is 2. The molecule has 0 aliphatic heterocycles. The summed E-state index contributed by atoms with van der Waals surface area (Å²) in [7, 11) is -0.687. The molecule has 0 unspecified atom stereocenters. The first-order chi connectivity index (χ1) is 14.7. The normalized spacial score (nSPS) is 11.4. The molecule has 0 saturated carbocycles. The fourth-order valence-corrected chi connectivity index (χ4v) is 4.27. The Morgan fingerprint density at radius 3 is 2.42 bits per heavy atom. The number of hydrogen-bond acceptors (Lipinski definition) is 5. The van der Waals surface area contributed by atoms with E-state index < -0.39 is 21.5 Å². The van der Waals surface area contributed by atoms with E-state index in [-0.39, 0.29) is 28.4 Å². The van der Waals surface area contributed by atoms with E-state index in [1.165, 1.54) is 30.0 Å². The molecule has 1 aromatic heterocycles. The average molecular weight is 445 g/mol. The van der Waals surface area contributed by atoms with Crippen molar-refractivity contribution in [3.05, 3.63) is 70.1 Å².